The van der Waals surface area contributed by atoms with Gasteiger partial charge in [0, 0.05) is 7.05 Å². The maximum Gasteiger partial charge on any atom is 0.307 e. The van der Waals surface area contributed by atoms with Crippen molar-refractivity contribution in [1.29, 1.82) is 0 Å². The number of carbonyl (C=O) groups is 3. The minimum absolute atomic E-state index is 0.220. The normalized spacial score (nSPS) is 37.8. The van der Waals surface area contributed by atoms with E-state index >= 15 is 0 Å². The molecule has 1 saturated heterocycles. The van der Waals surface area contributed by atoms with E-state index in [0.717, 1.165) is 4.90 Å². The molecule has 1 N–H and O–H groups in total. The summed E-state index contributed by atoms with van der Waals surface area (Å²) in [7, 11) is 1.40. The van der Waals surface area contributed by atoms with Crippen molar-refractivity contribution in [2.75, 3.05) is 7.05 Å². The molecule has 4 atom stereocenters. The van der Waals surface area contributed by atoms with Gasteiger partial charge in [0.2, 0.25) is 11.8 Å². The molecular weight excluding hydrogens is 210 g/mol. The zero-order chi connectivity index (χ0) is 12.0. The van der Waals surface area contributed by atoms with Gasteiger partial charge in [-0.1, -0.05) is 19.1 Å². The number of imide groups is 1. The standard InChI is InChI=1S/C11H13NO4/c1-5-3-4-6-8(7(5)11(15)16)10(14)12(2)9(6)13/h3-8H,1-2H3,(H,15,16)/t5-,6+,7+,8-/m0/s1. The van der Waals surface area contributed by atoms with Crippen LogP contribution in [0.5, 0.6) is 0 Å². The van der Waals surface area contributed by atoms with Crippen LogP contribution in [0.2, 0.25) is 0 Å². The number of hydrogen-bond donors (Lipinski definition) is 1. The average molecular weight is 223 g/mol. The first-order chi connectivity index (χ1) is 7.45. The lowest BCUT2D eigenvalue weighted by atomic mass is 9.72. The van der Waals surface area contributed by atoms with E-state index < -0.39 is 23.7 Å². The monoisotopic (exact) mass is 223 g/mol. The number of likely N-dealkylation sites (tertiary alicyclic amines) is 1. The van der Waals surface area contributed by atoms with Crippen LogP contribution in [-0.2, 0) is 14.4 Å². The number of carboxylic acid groups (broad SMARTS) is 1. The molecule has 2 rings (SSSR count). The molecule has 1 fully saturated rings. The number of hydrogen-bond acceptors (Lipinski definition) is 3. The molecule has 1 aliphatic carbocycles. The molecule has 1 heterocycles. The Morgan fingerprint density at radius 3 is 2.50 bits per heavy atom. The lowest BCUT2D eigenvalue weighted by molar-refractivity contribution is -0.150. The molecule has 0 unspecified atom stereocenters. The minimum atomic E-state index is -1.01. The Bertz CT molecular complexity index is 401. The molecule has 16 heavy (non-hydrogen) atoms. The number of amides is 2. The van der Waals surface area contributed by atoms with Crippen molar-refractivity contribution in [3.8, 4) is 0 Å². The summed E-state index contributed by atoms with van der Waals surface area (Å²) >= 11 is 0. The third-order valence-corrected chi connectivity index (χ3v) is 3.48. The van der Waals surface area contributed by atoms with Crippen LogP contribution in [0.25, 0.3) is 0 Å². The van der Waals surface area contributed by atoms with Crippen LogP contribution in [0, 0.1) is 23.7 Å². The Hall–Kier alpha value is -1.65. The molecule has 1 aliphatic heterocycles. The van der Waals surface area contributed by atoms with Crippen molar-refractivity contribution in [2.45, 2.75) is 6.92 Å². The van der Waals surface area contributed by atoms with Gasteiger partial charge in [0.25, 0.3) is 0 Å². The summed E-state index contributed by atoms with van der Waals surface area (Å²) in [6.07, 6.45) is 3.38. The van der Waals surface area contributed by atoms with Gasteiger partial charge in [0.15, 0.2) is 0 Å². The van der Waals surface area contributed by atoms with Gasteiger partial charge < -0.3 is 5.11 Å². The summed E-state index contributed by atoms with van der Waals surface area (Å²) in [5.41, 5.74) is 0. The third-order valence-electron chi connectivity index (χ3n) is 3.48. The fourth-order valence-electron chi connectivity index (χ4n) is 2.56. The maximum absolute atomic E-state index is 11.8. The largest absolute Gasteiger partial charge is 0.481 e. The van der Waals surface area contributed by atoms with Crippen molar-refractivity contribution >= 4 is 17.8 Å². The molecule has 5 nitrogen and oxygen atoms in total. The van der Waals surface area contributed by atoms with E-state index in [4.69, 9.17) is 5.11 Å². The molecule has 0 aromatic rings. The Labute approximate surface area is 92.7 Å². The highest BCUT2D eigenvalue weighted by Gasteiger charge is 2.53. The van der Waals surface area contributed by atoms with E-state index in [0.29, 0.717) is 0 Å². The Balaban J connectivity index is 2.44. The summed E-state index contributed by atoms with van der Waals surface area (Å²) in [5.74, 6) is -4.02. The van der Waals surface area contributed by atoms with Gasteiger partial charge in [0.1, 0.15) is 0 Å². The first-order valence-electron chi connectivity index (χ1n) is 5.17. The highest BCUT2D eigenvalue weighted by molar-refractivity contribution is 6.07. The number of rotatable bonds is 1. The Kier molecular flexibility index (Phi) is 2.33. The van der Waals surface area contributed by atoms with Crippen LogP contribution in [0.1, 0.15) is 6.92 Å². The number of nitrogens with zero attached hydrogens (tertiary/aromatic N) is 1. The van der Waals surface area contributed by atoms with E-state index in [1.807, 2.05) is 0 Å². The molecule has 0 bridgehead atoms. The topological polar surface area (TPSA) is 74.7 Å². The quantitative estimate of drug-likeness (QED) is 0.506. The first-order valence-corrected chi connectivity index (χ1v) is 5.17. The molecule has 2 aliphatic rings. The predicted molar refractivity (Wildman–Crippen MR) is 54.2 cm³/mol. The van der Waals surface area contributed by atoms with Crippen LogP contribution in [0.15, 0.2) is 12.2 Å². The lowest BCUT2D eigenvalue weighted by Crippen LogP contribution is -2.38. The predicted octanol–water partition coefficient (Wildman–Crippen LogP) is 0.124. The highest BCUT2D eigenvalue weighted by atomic mass is 16.4. The van der Waals surface area contributed by atoms with Crippen LogP contribution in [0.3, 0.4) is 0 Å². The van der Waals surface area contributed by atoms with Crippen molar-refractivity contribution in [2.24, 2.45) is 23.7 Å². The molecule has 0 spiro atoms. The summed E-state index contributed by atoms with van der Waals surface area (Å²) < 4.78 is 0. The second-order valence-corrected chi connectivity index (χ2v) is 4.40. The van der Waals surface area contributed by atoms with Gasteiger partial charge in [-0.15, -0.1) is 0 Å². The van der Waals surface area contributed by atoms with Crippen molar-refractivity contribution in [3.63, 3.8) is 0 Å². The molecule has 0 radical (unpaired) electrons. The highest BCUT2D eigenvalue weighted by Crippen LogP contribution is 2.40. The number of carbonyl (C=O) groups excluding carboxylic acids is 2. The van der Waals surface area contributed by atoms with Crippen LogP contribution in [0.4, 0.5) is 0 Å². The van der Waals surface area contributed by atoms with Gasteiger partial charge in [0.05, 0.1) is 17.8 Å². The van der Waals surface area contributed by atoms with Crippen molar-refractivity contribution in [1.82, 2.24) is 4.90 Å². The number of aliphatic carboxylic acids is 1. The van der Waals surface area contributed by atoms with Crippen molar-refractivity contribution in [3.05, 3.63) is 12.2 Å². The van der Waals surface area contributed by atoms with Gasteiger partial charge in [-0.2, -0.15) is 0 Å². The molecule has 86 valence electrons. The van der Waals surface area contributed by atoms with Crippen LogP contribution >= 0.6 is 0 Å². The lowest BCUT2D eigenvalue weighted by Gasteiger charge is -2.28. The Morgan fingerprint density at radius 2 is 1.94 bits per heavy atom. The summed E-state index contributed by atoms with van der Waals surface area (Å²) in [4.78, 5) is 35.7. The third kappa shape index (κ3) is 1.27. The second-order valence-electron chi connectivity index (χ2n) is 4.40. The van der Waals surface area contributed by atoms with E-state index in [9.17, 15) is 14.4 Å². The van der Waals surface area contributed by atoms with Crippen LogP contribution in [-0.4, -0.2) is 34.8 Å². The van der Waals surface area contributed by atoms with Gasteiger partial charge >= 0.3 is 5.97 Å². The van der Waals surface area contributed by atoms with Crippen molar-refractivity contribution < 1.29 is 19.5 Å². The molecule has 0 aromatic carbocycles. The summed E-state index contributed by atoms with van der Waals surface area (Å²) in [5, 5.41) is 9.13. The SMILES string of the molecule is C[C@H]1C=C[C@H]2C(=O)N(C)C(=O)[C@@H]2[C@@H]1C(=O)O. The second kappa shape index (κ2) is 3.43. The Morgan fingerprint density at radius 1 is 1.31 bits per heavy atom. The molecule has 5 heteroatoms. The van der Waals surface area contributed by atoms with Gasteiger partial charge in [-0.25, -0.2) is 0 Å². The van der Waals surface area contributed by atoms with E-state index in [-0.39, 0.29) is 17.7 Å². The molecule has 2 amide bonds. The van der Waals surface area contributed by atoms with Crippen LogP contribution < -0.4 is 0 Å². The summed E-state index contributed by atoms with van der Waals surface area (Å²) in [6.45, 7) is 1.75. The fraction of sp³-hybridized carbons (Fsp3) is 0.545. The first kappa shape index (κ1) is 10.9. The van der Waals surface area contributed by atoms with E-state index in [1.54, 1.807) is 19.1 Å². The molecule has 0 saturated carbocycles. The summed E-state index contributed by atoms with van der Waals surface area (Å²) in [6, 6.07) is 0. The fourth-order valence-corrected chi connectivity index (χ4v) is 2.56. The molecule has 0 aromatic heterocycles. The maximum atomic E-state index is 11.8. The van der Waals surface area contributed by atoms with Gasteiger partial charge in [-0.3, -0.25) is 19.3 Å². The van der Waals surface area contributed by atoms with E-state index in [1.165, 1.54) is 7.05 Å². The van der Waals surface area contributed by atoms with E-state index in [2.05, 4.69) is 0 Å². The number of allylic oxidation sites excluding steroid dienone is 1. The average Bonchev–Trinajstić information content (AvgIpc) is 2.43. The van der Waals surface area contributed by atoms with Gasteiger partial charge in [-0.05, 0) is 5.92 Å². The molecular formula is C11H13NO4. The zero-order valence-corrected chi connectivity index (χ0v) is 9.08. The smallest absolute Gasteiger partial charge is 0.307 e. The number of carboxylic acids is 1. The minimum Gasteiger partial charge on any atom is -0.481 e. The number of fused-ring (bicyclic) bond motifs is 1. The zero-order valence-electron chi connectivity index (χ0n) is 9.08.